The van der Waals surface area contributed by atoms with Crippen LogP contribution in [-0.2, 0) is 0 Å². The maximum absolute atomic E-state index is 5.98. The Labute approximate surface area is 103 Å². The Hall–Kier alpha value is -0.320. The van der Waals surface area contributed by atoms with E-state index in [-0.39, 0.29) is 6.04 Å². The van der Waals surface area contributed by atoms with Crippen LogP contribution in [0, 0.1) is 0 Å². The summed E-state index contributed by atoms with van der Waals surface area (Å²) in [5.74, 6) is 0.821. The summed E-state index contributed by atoms with van der Waals surface area (Å²) in [7, 11) is 0. The van der Waals surface area contributed by atoms with Crippen LogP contribution in [0.5, 0.6) is 0 Å². The van der Waals surface area contributed by atoms with Crippen LogP contribution in [0.3, 0.4) is 0 Å². The Morgan fingerprint density at radius 1 is 1.53 bits per heavy atom. The van der Waals surface area contributed by atoms with Crippen LogP contribution in [0.15, 0.2) is 16.7 Å². The van der Waals surface area contributed by atoms with Crippen molar-refractivity contribution in [3.05, 3.63) is 21.8 Å². The van der Waals surface area contributed by atoms with Gasteiger partial charge in [0.2, 0.25) is 0 Å². The number of halogens is 2. The lowest BCUT2D eigenvalue weighted by Gasteiger charge is -2.18. The van der Waals surface area contributed by atoms with E-state index in [1.807, 2.05) is 6.07 Å². The molecule has 0 bridgehead atoms. The molecule has 2 atom stereocenters. The second-order valence-electron chi connectivity index (χ2n) is 3.83. The zero-order chi connectivity index (χ0) is 10.8. The van der Waals surface area contributed by atoms with Crippen LogP contribution >= 0.6 is 27.5 Å². The molecule has 82 valence electrons. The van der Waals surface area contributed by atoms with Crippen LogP contribution < -0.4 is 11.1 Å². The number of pyridine rings is 1. The van der Waals surface area contributed by atoms with E-state index in [1.165, 1.54) is 6.42 Å². The van der Waals surface area contributed by atoms with Crippen molar-refractivity contribution in [3.63, 3.8) is 0 Å². The molecule has 0 saturated heterocycles. The van der Waals surface area contributed by atoms with Crippen molar-refractivity contribution in [1.82, 2.24) is 4.98 Å². The van der Waals surface area contributed by atoms with Crippen molar-refractivity contribution >= 4 is 33.3 Å². The van der Waals surface area contributed by atoms with Gasteiger partial charge >= 0.3 is 0 Å². The number of anilines is 1. The lowest BCUT2D eigenvalue weighted by Crippen LogP contribution is -2.35. The third-order valence-electron chi connectivity index (χ3n) is 2.70. The predicted molar refractivity (Wildman–Crippen MR) is 66.2 cm³/mol. The minimum absolute atomic E-state index is 0.231. The van der Waals surface area contributed by atoms with Gasteiger partial charge < -0.3 is 11.1 Å². The van der Waals surface area contributed by atoms with Gasteiger partial charge in [-0.25, -0.2) is 4.98 Å². The molecule has 0 aromatic carbocycles. The monoisotopic (exact) mass is 289 g/mol. The van der Waals surface area contributed by atoms with Gasteiger partial charge in [0.15, 0.2) is 0 Å². The summed E-state index contributed by atoms with van der Waals surface area (Å²) in [5, 5.41) is 3.97. The Morgan fingerprint density at radius 2 is 2.33 bits per heavy atom. The molecular formula is C10H13BrClN3. The molecule has 0 spiro atoms. The maximum atomic E-state index is 5.98. The molecule has 1 saturated carbocycles. The number of nitrogens with two attached hydrogens (primary N) is 1. The molecule has 3 N–H and O–H groups in total. The van der Waals surface area contributed by atoms with E-state index in [4.69, 9.17) is 17.3 Å². The minimum atomic E-state index is 0.231. The van der Waals surface area contributed by atoms with Crippen LogP contribution in [0.2, 0.25) is 5.02 Å². The molecule has 15 heavy (non-hydrogen) atoms. The lowest BCUT2D eigenvalue weighted by molar-refractivity contribution is 0.635. The molecule has 0 radical (unpaired) electrons. The van der Waals surface area contributed by atoms with E-state index in [2.05, 4.69) is 26.2 Å². The molecule has 3 nitrogen and oxygen atoms in total. The first kappa shape index (κ1) is 11.2. The van der Waals surface area contributed by atoms with E-state index >= 15 is 0 Å². The summed E-state index contributed by atoms with van der Waals surface area (Å²) in [6.07, 6.45) is 5.01. The molecular weight excluding hydrogens is 277 g/mol. The normalized spacial score (nSPS) is 25.5. The Kier molecular flexibility index (Phi) is 3.49. The van der Waals surface area contributed by atoms with Gasteiger partial charge in [-0.2, -0.15) is 0 Å². The van der Waals surface area contributed by atoms with Crippen molar-refractivity contribution in [2.24, 2.45) is 5.73 Å². The van der Waals surface area contributed by atoms with Crippen LogP contribution in [0.4, 0.5) is 5.82 Å². The van der Waals surface area contributed by atoms with Crippen molar-refractivity contribution in [1.29, 1.82) is 0 Å². The fourth-order valence-electron chi connectivity index (χ4n) is 1.86. The van der Waals surface area contributed by atoms with Crippen molar-refractivity contribution in [2.75, 3.05) is 5.32 Å². The second-order valence-corrected chi connectivity index (χ2v) is 5.12. The molecule has 1 aliphatic carbocycles. The highest BCUT2D eigenvalue weighted by atomic mass is 79.9. The Bertz CT molecular complexity index is 359. The van der Waals surface area contributed by atoms with Gasteiger partial charge in [0.1, 0.15) is 5.82 Å². The summed E-state index contributed by atoms with van der Waals surface area (Å²) in [4.78, 5) is 4.23. The fourth-order valence-corrected chi connectivity index (χ4v) is 2.62. The minimum Gasteiger partial charge on any atom is -0.365 e. The SMILES string of the molecule is NC1CCCC1Nc1ncc(Cl)cc1Br. The summed E-state index contributed by atoms with van der Waals surface area (Å²) in [6, 6.07) is 2.39. The summed E-state index contributed by atoms with van der Waals surface area (Å²) >= 11 is 9.24. The standard InChI is InChI=1S/C10H13BrClN3/c11-7-4-6(12)5-14-10(7)15-9-3-1-2-8(9)13/h4-5,8-9H,1-3,13H2,(H,14,15). The second kappa shape index (κ2) is 4.68. The molecule has 0 aliphatic heterocycles. The van der Waals surface area contributed by atoms with Crippen LogP contribution in [0.1, 0.15) is 19.3 Å². The van der Waals surface area contributed by atoms with Crippen LogP contribution in [-0.4, -0.2) is 17.1 Å². The van der Waals surface area contributed by atoms with E-state index in [9.17, 15) is 0 Å². The number of hydrogen-bond donors (Lipinski definition) is 2. The van der Waals surface area contributed by atoms with E-state index in [0.717, 1.165) is 23.1 Å². The van der Waals surface area contributed by atoms with Gasteiger partial charge in [0, 0.05) is 18.3 Å². The molecule has 1 aromatic heterocycles. The fraction of sp³-hybridized carbons (Fsp3) is 0.500. The Morgan fingerprint density at radius 3 is 2.93 bits per heavy atom. The molecule has 1 heterocycles. The number of hydrogen-bond acceptors (Lipinski definition) is 3. The van der Waals surface area contributed by atoms with Gasteiger partial charge in [0.05, 0.1) is 9.50 Å². The summed E-state index contributed by atoms with van der Waals surface area (Å²) in [6.45, 7) is 0. The summed E-state index contributed by atoms with van der Waals surface area (Å²) < 4.78 is 0.883. The highest BCUT2D eigenvalue weighted by molar-refractivity contribution is 9.10. The smallest absolute Gasteiger partial charge is 0.140 e. The van der Waals surface area contributed by atoms with E-state index in [0.29, 0.717) is 11.1 Å². The molecule has 1 aliphatic rings. The number of nitrogens with one attached hydrogen (secondary N) is 1. The predicted octanol–water partition coefficient (Wildman–Crippen LogP) is 2.79. The van der Waals surface area contributed by atoms with Gasteiger partial charge in [-0.3, -0.25) is 0 Å². The average molecular weight is 291 g/mol. The van der Waals surface area contributed by atoms with Crippen molar-refractivity contribution in [3.8, 4) is 0 Å². The Balaban J connectivity index is 2.10. The molecule has 1 aromatic rings. The third kappa shape index (κ3) is 2.62. The number of nitrogens with zero attached hydrogens (tertiary/aromatic N) is 1. The van der Waals surface area contributed by atoms with Gasteiger partial charge in [-0.1, -0.05) is 11.6 Å². The van der Waals surface area contributed by atoms with Crippen molar-refractivity contribution in [2.45, 2.75) is 31.3 Å². The van der Waals surface area contributed by atoms with E-state index < -0.39 is 0 Å². The molecule has 5 heteroatoms. The first-order valence-electron chi connectivity index (χ1n) is 5.00. The largest absolute Gasteiger partial charge is 0.365 e. The number of aromatic nitrogens is 1. The van der Waals surface area contributed by atoms with Gasteiger partial charge in [-0.05, 0) is 41.3 Å². The maximum Gasteiger partial charge on any atom is 0.140 e. The zero-order valence-electron chi connectivity index (χ0n) is 8.21. The summed E-state index contributed by atoms with van der Waals surface area (Å²) in [5.41, 5.74) is 5.98. The highest BCUT2D eigenvalue weighted by Crippen LogP contribution is 2.27. The topological polar surface area (TPSA) is 50.9 Å². The average Bonchev–Trinajstić information content (AvgIpc) is 2.57. The van der Waals surface area contributed by atoms with Crippen molar-refractivity contribution < 1.29 is 0 Å². The van der Waals surface area contributed by atoms with Gasteiger partial charge in [-0.15, -0.1) is 0 Å². The van der Waals surface area contributed by atoms with Crippen LogP contribution in [0.25, 0.3) is 0 Å². The zero-order valence-corrected chi connectivity index (χ0v) is 10.6. The molecule has 2 rings (SSSR count). The first-order chi connectivity index (χ1) is 7.16. The molecule has 2 unspecified atom stereocenters. The molecule has 0 amide bonds. The van der Waals surface area contributed by atoms with E-state index in [1.54, 1.807) is 6.20 Å². The third-order valence-corrected chi connectivity index (χ3v) is 3.51. The molecule has 1 fully saturated rings. The highest BCUT2D eigenvalue weighted by Gasteiger charge is 2.24. The first-order valence-corrected chi connectivity index (χ1v) is 6.17. The lowest BCUT2D eigenvalue weighted by atomic mass is 10.2. The van der Waals surface area contributed by atoms with Gasteiger partial charge in [0.25, 0.3) is 0 Å². The number of rotatable bonds is 2. The quantitative estimate of drug-likeness (QED) is 0.880.